The number of rotatable bonds is 7. The van der Waals surface area contributed by atoms with Crippen molar-refractivity contribution >= 4 is 17.7 Å². The predicted octanol–water partition coefficient (Wildman–Crippen LogP) is 2.20. The number of phenols is 1. The van der Waals surface area contributed by atoms with Crippen LogP contribution in [-0.2, 0) is 9.53 Å². The van der Waals surface area contributed by atoms with Crippen LogP contribution in [0, 0.1) is 11.8 Å². The largest absolute Gasteiger partial charge is 0.502 e. The van der Waals surface area contributed by atoms with Gasteiger partial charge < -0.3 is 39.0 Å². The van der Waals surface area contributed by atoms with Crippen LogP contribution in [0.2, 0.25) is 0 Å². The van der Waals surface area contributed by atoms with Crippen molar-refractivity contribution in [3.63, 3.8) is 0 Å². The molecule has 3 N–H and O–H groups in total. The SMILES string of the molecule is COc1cc([C@@H]2c3cc4c(cc3[C@@H](SCC(O)CO)[C@H]3COC(=O)[C@H]23)OCO4)cc(OC)c1O. The number of phenolic OH excluding ortho intramolecular Hbond substituents is 1. The van der Waals surface area contributed by atoms with Gasteiger partial charge in [-0.15, -0.1) is 0 Å². The number of hydrogen-bond donors (Lipinski definition) is 3. The van der Waals surface area contributed by atoms with Gasteiger partial charge in [0.25, 0.3) is 0 Å². The molecule has 10 heteroatoms. The van der Waals surface area contributed by atoms with E-state index in [1.165, 1.54) is 26.0 Å². The molecule has 0 bridgehead atoms. The first-order valence-electron chi connectivity index (χ1n) is 10.9. The highest BCUT2D eigenvalue weighted by Crippen LogP contribution is 2.58. The third kappa shape index (κ3) is 3.70. The van der Waals surface area contributed by atoms with Gasteiger partial charge in [0.15, 0.2) is 23.0 Å². The lowest BCUT2D eigenvalue weighted by atomic mass is 9.67. The summed E-state index contributed by atoms with van der Waals surface area (Å²) in [6, 6.07) is 7.25. The minimum absolute atomic E-state index is 0.111. The Kier molecular flexibility index (Phi) is 6.13. The molecule has 5 rings (SSSR count). The van der Waals surface area contributed by atoms with Crippen LogP contribution >= 0.6 is 11.8 Å². The van der Waals surface area contributed by atoms with Crippen molar-refractivity contribution in [3.8, 4) is 28.7 Å². The normalized spacial score (nSPS) is 25.4. The molecule has 0 amide bonds. The molecule has 1 saturated heterocycles. The molecule has 0 spiro atoms. The zero-order valence-electron chi connectivity index (χ0n) is 18.7. The maximum atomic E-state index is 13.1. The molecule has 0 radical (unpaired) electrons. The average molecular weight is 491 g/mol. The topological polar surface area (TPSA) is 124 Å². The van der Waals surface area contributed by atoms with Crippen LogP contribution in [0.25, 0.3) is 0 Å². The highest BCUT2D eigenvalue weighted by molar-refractivity contribution is 7.99. The molecular weight excluding hydrogens is 464 g/mol. The van der Waals surface area contributed by atoms with Crippen molar-refractivity contribution in [2.24, 2.45) is 11.8 Å². The minimum atomic E-state index is -0.873. The van der Waals surface area contributed by atoms with Crippen LogP contribution in [0.1, 0.15) is 27.9 Å². The molecule has 0 aromatic heterocycles. The molecule has 34 heavy (non-hydrogen) atoms. The van der Waals surface area contributed by atoms with Crippen molar-refractivity contribution in [1.29, 1.82) is 0 Å². The fourth-order valence-corrected chi connectivity index (χ4v) is 6.50. The lowest BCUT2D eigenvalue weighted by Gasteiger charge is -2.39. The Hall–Kier alpha value is -2.82. The lowest BCUT2D eigenvalue weighted by molar-refractivity contribution is -0.141. The van der Waals surface area contributed by atoms with Crippen LogP contribution in [0.15, 0.2) is 24.3 Å². The Morgan fingerprint density at radius 3 is 2.32 bits per heavy atom. The summed E-state index contributed by atoms with van der Waals surface area (Å²) in [7, 11) is 2.91. The second-order valence-electron chi connectivity index (χ2n) is 8.50. The summed E-state index contributed by atoms with van der Waals surface area (Å²) < 4.78 is 27.6. The smallest absolute Gasteiger partial charge is 0.310 e. The number of ether oxygens (including phenoxy) is 5. The van der Waals surface area contributed by atoms with Crippen LogP contribution < -0.4 is 18.9 Å². The van der Waals surface area contributed by atoms with Crippen LogP contribution in [0.4, 0.5) is 0 Å². The summed E-state index contributed by atoms with van der Waals surface area (Å²) >= 11 is 1.48. The third-order valence-electron chi connectivity index (χ3n) is 6.66. The zero-order valence-corrected chi connectivity index (χ0v) is 19.5. The fourth-order valence-electron chi connectivity index (χ4n) is 5.09. The van der Waals surface area contributed by atoms with E-state index in [-0.39, 0.29) is 54.4 Å². The van der Waals surface area contributed by atoms with Crippen molar-refractivity contribution in [2.75, 3.05) is 40.0 Å². The molecule has 0 saturated carbocycles. The molecular formula is C24H26O9S. The number of carbonyl (C=O) groups excluding carboxylic acids is 1. The summed E-state index contributed by atoms with van der Waals surface area (Å²) in [4.78, 5) is 13.1. The second-order valence-corrected chi connectivity index (χ2v) is 9.67. The van der Waals surface area contributed by atoms with Gasteiger partial charge in [0.05, 0.1) is 39.5 Å². The minimum Gasteiger partial charge on any atom is -0.502 e. The van der Waals surface area contributed by atoms with E-state index in [0.29, 0.717) is 17.3 Å². The highest BCUT2D eigenvalue weighted by Gasteiger charge is 2.52. The lowest BCUT2D eigenvalue weighted by Crippen LogP contribution is -2.34. The van der Waals surface area contributed by atoms with Crippen molar-refractivity contribution in [2.45, 2.75) is 17.3 Å². The van der Waals surface area contributed by atoms with Crippen LogP contribution in [0.3, 0.4) is 0 Å². The first-order valence-corrected chi connectivity index (χ1v) is 12.0. The molecule has 1 aliphatic carbocycles. The van der Waals surface area contributed by atoms with Crippen LogP contribution in [0.5, 0.6) is 28.7 Å². The van der Waals surface area contributed by atoms with E-state index in [1.54, 1.807) is 12.1 Å². The molecule has 1 unspecified atom stereocenters. The number of hydrogen-bond acceptors (Lipinski definition) is 10. The number of esters is 1. The third-order valence-corrected chi connectivity index (χ3v) is 8.20. The van der Waals surface area contributed by atoms with Gasteiger partial charge in [0.2, 0.25) is 12.5 Å². The quantitative estimate of drug-likeness (QED) is 0.498. The van der Waals surface area contributed by atoms with E-state index < -0.39 is 17.9 Å². The van der Waals surface area contributed by atoms with E-state index in [9.17, 15) is 20.1 Å². The molecule has 1 fully saturated rings. The number of aliphatic hydroxyl groups is 2. The average Bonchev–Trinajstić information content (AvgIpc) is 3.47. The van der Waals surface area contributed by atoms with Gasteiger partial charge in [-0.1, -0.05) is 0 Å². The molecule has 2 aromatic carbocycles. The Labute approximate surface area is 200 Å². The molecule has 9 nitrogen and oxygen atoms in total. The van der Waals surface area contributed by atoms with Gasteiger partial charge >= 0.3 is 5.97 Å². The van der Waals surface area contributed by atoms with Gasteiger partial charge in [-0.05, 0) is 41.0 Å². The van der Waals surface area contributed by atoms with Gasteiger partial charge in [-0.3, -0.25) is 4.79 Å². The molecule has 3 aliphatic rings. The van der Waals surface area contributed by atoms with Gasteiger partial charge in [-0.2, -0.15) is 11.8 Å². The Bertz CT molecular complexity index is 1080. The van der Waals surface area contributed by atoms with Gasteiger partial charge in [0, 0.05) is 22.8 Å². The number of aliphatic hydroxyl groups excluding tert-OH is 2. The Balaban J connectivity index is 1.69. The molecule has 182 valence electrons. The summed E-state index contributed by atoms with van der Waals surface area (Å²) in [5.74, 6) is 0.475. The summed E-state index contributed by atoms with van der Waals surface area (Å²) in [6.07, 6.45) is -0.873. The number of aromatic hydroxyl groups is 1. The molecule has 2 heterocycles. The molecule has 2 aromatic rings. The number of fused-ring (bicyclic) bond motifs is 3. The summed E-state index contributed by atoms with van der Waals surface area (Å²) in [5, 5.41) is 29.6. The maximum absolute atomic E-state index is 13.1. The Morgan fingerprint density at radius 1 is 1.06 bits per heavy atom. The summed E-state index contributed by atoms with van der Waals surface area (Å²) in [6.45, 7) is 0.0137. The van der Waals surface area contributed by atoms with E-state index in [0.717, 1.165) is 16.7 Å². The monoisotopic (exact) mass is 490 g/mol. The van der Waals surface area contributed by atoms with E-state index in [2.05, 4.69) is 0 Å². The van der Waals surface area contributed by atoms with Crippen molar-refractivity contribution in [1.82, 2.24) is 0 Å². The number of benzene rings is 2. The maximum Gasteiger partial charge on any atom is 0.310 e. The second kappa shape index (κ2) is 9.09. The van der Waals surface area contributed by atoms with Crippen LogP contribution in [-0.4, -0.2) is 67.4 Å². The summed E-state index contributed by atoms with van der Waals surface area (Å²) in [5.41, 5.74) is 2.56. The van der Waals surface area contributed by atoms with Crippen molar-refractivity contribution in [3.05, 3.63) is 41.0 Å². The van der Waals surface area contributed by atoms with E-state index >= 15 is 0 Å². The van der Waals surface area contributed by atoms with Gasteiger partial charge in [0.1, 0.15) is 0 Å². The molecule has 5 atom stereocenters. The standard InChI is InChI=1S/C24H26O9S/c1-29-18-3-11(4-19(30-2)22(18)27)20-13-5-16-17(33-10-32-16)6-14(13)23(34-9-12(26)7-25)15-8-31-24(28)21(15)20/h3-6,12,15,20-21,23,25-27H,7-10H2,1-2H3/t12?,15-,20+,21-,23+/m0/s1. The zero-order chi connectivity index (χ0) is 24.0. The number of methoxy groups -OCH3 is 2. The fraction of sp³-hybridized carbons (Fsp3) is 0.458. The van der Waals surface area contributed by atoms with Crippen molar-refractivity contribution < 1.29 is 43.8 Å². The number of cyclic esters (lactones) is 1. The van der Waals surface area contributed by atoms with Gasteiger partial charge in [-0.25, -0.2) is 0 Å². The predicted molar refractivity (Wildman–Crippen MR) is 122 cm³/mol. The first kappa shape index (κ1) is 22.9. The van der Waals surface area contributed by atoms with E-state index in [4.69, 9.17) is 23.7 Å². The Morgan fingerprint density at radius 2 is 1.71 bits per heavy atom. The highest BCUT2D eigenvalue weighted by atomic mass is 32.2. The van der Waals surface area contributed by atoms with E-state index in [1.807, 2.05) is 12.1 Å². The first-order chi connectivity index (χ1) is 16.5. The molecule has 2 aliphatic heterocycles. The number of thioether (sulfide) groups is 1. The number of carbonyl (C=O) groups is 1.